The van der Waals surface area contributed by atoms with Crippen LogP contribution in [0.4, 0.5) is 0 Å². The molecule has 0 aliphatic rings. The zero-order chi connectivity index (χ0) is 18.2. The highest BCUT2D eigenvalue weighted by molar-refractivity contribution is 7.89. The van der Waals surface area contributed by atoms with Crippen LogP contribution in [0, 0.1) is 13.8 Å². The van der Waals surface area contributed by atoms with E-state index in [0.29, 0.717) is 5.39 Å². The highest BCUT2D eigenvalue weighted by Crippen LogP contribution is 2.19. The monoisotopic (exact) mass is 362 g/mol. The fourth-order valence-electron chi connectivity index (χ4n) is 2.74. The third kappa shape index (κ3) is 3.33. The Hall–Kier alpha value is -2.52. The Morgan fingerprint density at radius 3 is 2.68 bits per heavy atom. The van der Waals surface area contributed by atoms with Crippen LogP contribution in [0.2, 0.25) is 0 Å². The standard InChI is InChI=1S/C16H18N4O4S/c1-10(19-25(22,23)15-11(2)18-24-12(15)3)9-20-16(21)14-7-5-4-6-13(14)8-17-20/h4-8,10,19H,9H2,1-3H3/t10-/m1/s1. The van der Waals surface area contributed by atoms with Crippen molar-refractivity contribution < 1.29 is 12.9 Å². The second kappa shape index (κ2) is 6.41. The van der Waals surface area contributed by atoms with Crippen LogP contribution >= 0.6 is 0 Å². The molecule has 132 valence electrons. The molecular formula is C16H18N4O4S. The highest BCUT2D eigenvalue weighted by Gasteiger charge is 2.26. The molecule has 0 saturated heterocycles. The number of fused-ring (bicyclic) bond motifs is 1. The van der Waals surface area contributed by atoms with Gasteiger partial charge in [-0.05, 0) is 26.8 Å². The van der Waals surface area contributed by atoms with Crippen molar-refractivity contribution >= 4 is 20.8 Å². The Kier molecular flexibility index (Phi) is 4.44. The average molecular weight is 362 g/mol. The van der Waals surface area contributed by atoms with Crippen molar-refractivity contribution in [3.63, 3.8) is 0 Å². The third-order valence-corrected chi connectivity index (χ3v) is 5.63. The fourth-order valence-corrected chi connectivity index (χ4v) is 4.30. The molecule has 0 aliphatic heterocycles. The van der Waals surface area contributed by atoms with Crippen LogP contribution in [0.15, 0.2) is 44.7 Å². The molecule has 0 spiro atoms. The Morgan fingerprint density at radius 1 is 1.28 bits per heavy atom. The molecule has 2 aromatic heterocycles. The van der Waals surface area contributed by atoms with Crippen LogP contribution in [0.1, 0.15) is 18.4 Å². The first-order chi connectivity index (χ1) is 11.8. The second-order valence-corrected chi connectivity index (χ2v) is 7.55. The first-order valence-corrected chi connectivity index (χ1v) is 9.18. The molecule has 0 radical (unpaired) electrons. The number of hydrogen-bond acceptors (Lipinski definition) is 6. The zero-order valence-corrected chi connectivity index (χ0v) is 14.9. The number of aromatic nitrogens is 3. The molecule has 1 atom stereocenters. The lowest BCUT2D eigenvalue weighted by Crippen LogP contribution is -2.39. The van der Waals surface area contributed by atoms with Gasteiger partial charge < -0.3 is 4.52 Å². The number of hydrogen-bond donors (Lipinski definition) is 1. The average Bonchev–Trinajstić information content (AvgIpc) is 2.89. The van der Waals surface area contributed by atoms with Gasteiger partial charge in [-0.1, -0.05) is 23.4 Å². The van der Waals surface area contributed by atoms with Gasteiger partial charge in [0.05, 0.1) is 18.1 Å². The molecule has 0 saturated carbocycles. The van der Waals surface area contributed by atoms with E-state index in [1.807, 2.05) is 6.07 Å². The molecule has 2 heterocycles. The lowest BCUT2D eigenvalue weighted by molar-refractivity contribution is 0.390. The quantitative estimate of drug-likeness (QED) is 0.734. The van der Waals surface area contributed by atoms with Crippen LogP contribution in [-0.2, 0) is 16.6 Å². The van der Waals surface area contributed by atoms with E-state index in [2.05, 4.69) is 15.0 Å². The van der Waals surface area contributed by atoms with Gasteiger partial charge in [-0.3, -0.25) is 4.79 Å². The van der Waals surface area contributed by atoms with Gasteiger partial charge in [-0.25, -0.2) is 17.8 Å². The number of aryl methyl sites for hydroxylation is 2. The van der Waals surface area contributed by atoms with E-state index in [4.69, 9.17) is 4.52 Å². The number of rotatable bonds is 5. The number of sulfonamides is 1. The molecule has 1 N–H and O–H groups in total. The predicted octanol–water partition coefficient (Wildman–Crippen LogP) is 1.37. The lowest BCUT2D eigenvalue weighted by atomic mass is 10.2. The summed E-state index contributed by atoms with van der Waals surface area (Å²) in [7, 11) is -3.80. The summed E-state index contributed by atoms with van der Waals surface area (Å²) < 4.78 is 33.7. The van der Waals surface area contributed by atoms with Crippen LogP contribution < -0.4 is 10.3 Å². The van der Waals surface area contributed by atoms with Crippen molar-refractivity contribution in [3.05, 3.63) is 52.3 Å². The molecule has 0 unspecified atom stereocenters. The maximum Gasteiger partial charge on any atom is 0.274 e. The minimum absolute atomic E-state index is 0.0261. The van der Waals surface area contributed by atoms with Gasteiger partial charge in [0.15, 0.2) is 5.76 Å². The van der Waals surface area contributed by atoms with Crippen molar-refractivity contribution in [2.24, 2.45) is 0 Å². The zero-order valence-electron chi connectivity index (χ0n) is 14.1. The smallest absolute Gasteiger partial charge is 0.274 e. The van der Waals surface area contributed by atoms with Crippen molar-refractivity contribution in [2.45, 2.75) is 38.3 Å². The number of nitrogens with one attached hydrogen (secondary N) is 1. The van der Waals surface area contributed by atoms with Gasteiger partial charge in [0.1, 0.15) is 10.6 Å². The molecule has 3 aromatic rings. The summed E-state index contributed by atoms with van der Waals surface area (Å²) in [6.07, 6.45) is 1.59. The first-order valence-electron chi connectivity index (χ1n) is 7.69. The lowest BCUT2D eigenvalue weighted by Gasteiger charge is -2.15. The van der Waals surface area contributed by atoms with Crippen LogP contribution in [-0.4, -0.2) is 29.4 Å². The van der Waals surface area contributed by atoms with E-state index in [9.17, 15) is 13.2 Å². The number of benzene rings is 1. The van der Waals surface area contributed by atoms with Crippen molar-refractivity contribution in [1.29, 1.82) is 0 Å². The van der Waals surface area contributed by atoms with E-state index in [-0.39, 0.29) is 28.5 Å². The summed E-state index contributed by atoms with van der Waals surface area (Å²) in [5, 5.41) is 9.06. The molecule has 0 aliphatic carbocycles. The van der Waals surface area contributed by atoms with Crippen LogP contribution in [0.25, 0.3) is 10.8 Å². The Labute approximate surface area is 144 Å². The fraction of sp³-hybridized carbons (Fsp3) is 0.312. The predicted molar refractivity (Wildman–Crippen MR) is 91.8 cm³/mol. The SMILES string of the molecule is Cc1noc(C)c1S(=O)(=O)N[C@H](C)Cn1ncc2ccccc2c1=O. The van der Waals surface area contributed by atoms with E-state index in [1.54, 1.807) is 38.2 Å². The summed E-state index contributed by atoms with van der Waals surface area (Å²) >= 11 is 0. The van der Waals surface area contributed by atoms with Gasteiger partial charge in [0.2, 0.25) is 10.0 Å². The summed E-state index contributed by atoms with van der Waals surface area (Å²) in [5.74, 6) is 0.221. The molecule has 25 heavy (non-hydrogen) atoms. The van der Waals surface area contributed by atoms with Crippen molar-refractivity contribution in [1.82, 2.24) is 19.7 Å². The molecule has 0 amide bonds. The van der Waals surface area contributed by atoms with Crippen molar-refractivity contribution in [2.75, 3.05) is 0 Å². The maximum atomic E-state index is 12.5. The molecule has 0 bridgehead atoms. The topological polar surface area (TPSA) is 107 Å². The normalized spacial score (nSPS) is 13.2. The van der Waals surface area contributed by atoms with Crippen molar-refractivity contribution in [3.8, 4) is 0 Å². The van der Waals surface area contributed by atoms with Gasteiger partial charge in [-0.15, -0.1) is 0 Å². The molecule has 3 rings (SSSR count). The molecule has 9 heteroatoms. The molecular weight excluding hydrogens is 344 g/mol. The summed E-state index contributed by atoms with van der Waals surface area (Å²) in [6, 6.07) is 6.57. The molecule has 8 nitrogen and oxygen atoms in total. The van der Waals surface area contributed by atoms with E-state index >= 15 is 0 Å². The van der Waals surface area contributed by atoms with Gasteiger partial charge in [-0.2, -0.15) is 5.10 Å². The Balaban J connectivity index is 1.85. The van der Waals surface area contributed by atoms with E-state index in [0.717, 1.165) is 5.39 Å². The maximum absolute atomic E-state index is 12.5. The Morgan fingerprint density at radius 2 is 2.00 bits per heavy atom. The third-order valence-electron chi connectivity index (χ3n) is 3.80. The minimum atomic E-state index is -3.80. The van der Waals surface area contributed by atoms with Gasteiger partial charge in [0, 0.05) is 11.4 Å². The van der Waals surface area contributed by atoms with E-state index < -0.39 is 16.1 Å². The van der Waals surface area contributed by atoms with E-state index in [1.165, 1.54) is 11.6 Å². The molecule has 1 aromatic carbocycles. The summed E-state index contributed by atoms with van der Waals surface area (Å²) in [5.41, 5.74) is 0.0275. The first kappa shape index (κ1) is 17.3. The van der Waals surface area contributed by atoms with Gasteiger partial charge >= 0.3 is 0 Å². The van der Waals surface area contributed by atoms with Gasteiger partial charge in [0.25, 0.3) is 5.56 Å². The van der Waals surface area contributed by atoms with Crippen LogP contribution in [0.5, 0.6) is 0 Å². The highest BCUT2D eigenvalue weighted by atomic mass is 32.2. The number of nitrogens with zero attached hydrogens (tertiary/aromatic N) is 3. The Bertz CT molecular complexity index is 1070. The van der Waals surface area contributed by atoms with Crippen LogP contribution in [0.3, 0.4) is 0 Å². The summed E-state index contributed by atoms with van der Waals surface area (Å²) in [4.78, 5) is 12.5. The largest absolute Gasteiger partial charge is 0.360 e. The minimum Gasteiger partial charge on any atom is -0.360 e. The molecule has 0 fully saturated rings. The summed E-state index contributed by atoms with van der Waals surface area (Å²) in [6.45, 7) is 4.87. The second-order valence-electron chi connectivity index (χ2n) is 5.89.